The lowest BCUT2D eigenvalue weighted by atomic mass is 10.0. The molecule has 9 heteroatoms. The average Bonchev–Trinajstić information content (AvgIpc) is 3.11. The molecule has 0 aromatic rings. The number of carbonyl (C=O) groups is 1. The highest BCUT2D eigenvalue weighted by Crippen LogP contribution is 2.38. The van der Waals surface area contributed by atoms with Crippen LogP contribution in [0.4, 0.5) is 0 Å². The summed E-state index contributed by atoms with van der Waals surface area (Å²) in [7, 11) is 1.27. The van der Waals surface area contributed by atoms with Crippen molar-refractivity contribution in [3.05, 3.63) is 36.6 Å². The van der Waals surface area contributed by atoms with Crippen LogP contribution in [0.15, 0.2) is 36.6 Å². The fraction of sp³-hybridized carbons (Fsp3) is 0.841. The van der Waals surface area contributed by atoms with Crippen molar-refractivity contribution in [3.8, 4) is 0 Å². The molecule has 0 saturated carbocycles. The van der Waals surface area contributed by atoms with E-state index in [9.17, 15) is 14.3 Å². The van der Waals surface area contributed by atoms with Crippen molar-refractivity contribution in [2.45, 2.75) is 193 Å². The van der Waals surface area contributed by atoms with Crippen molar-refractivity contribution in [2.75, 3.05) is 47.5 Å². The van der Waals surface area contributed by atoms with Crippen molar-refractivity contribution in [1.29, 1.82) is 0 Å². The van der Waals surface area contributed by atoms with Crippen LogP contribution >= 0.6 is 7.82 Å². The first kappa shape index (κ1) is 51.6. The second-order valence-electron chi connectivity index (χ2n) is 15.9. The summed E-state index contributed by atoms with van der Waals surface area (Å²) in [6, 6.07) is 0. The normalized spacial score (nSPS) is 14.1. The van der Waals surface area contributed by atoms with Gasteiger partial charge in [0.2, 0.25) is 0 Å². The minimum Gasteiger partial charge on any atom is -0.756 e. The van der Waals surface area contributed by atoms with Crippen LogP contribution < -0.4 is 4.89 Å². The minimum absolute atomic E-state index is 0.00148. The summed E-state index contributed by atoms with van der Waals surface area (Å²) in [6.45, 7) is 4.62. The van der Waals surface area contributed by atoms with Gasteiger partial charge in [-0.2, -0.15) is 0 Å². The van der Waals surface area contributed by atoms with Gasteiger partial charge >= 0.3 is 5.97 Å². The molecule has 53 heavy (non-hydrogen) atoms. The number of hydrogen-bond donors (Lipinski definition) is 0. The van der Waals surface area contributed by atoms with Crippen LogP contribution in [0.5, 0.6) is 0 Å². The molecule has 1 unspecified atom stereocenters. The monoisotopic (exact) mass is 770 g/mol. The first-order valence-electron chi connectivity index (χ1n) is 21.8. The van der Waals surface area contributed by atoms with Crippen molar-refractivity contribution >= 4 is 13.8 Å². The molecule has 0 aliphatic carbocycles. The molecule has 0 heterocycles. The number of rotatable bonds is 40. The molecular weight excluding hydrogens is 685 g/mol. The number of unbranched alkanes of at least 4 members (excludes halogenated alkanes) is 25. The lowest BCUT2D eigenvalue weighted by molar-refractivity contribution is -0.870. The van der Waals surface area contributed by atoms with E-state index in [-0.39, 0.29) is 19.8 Å². The van der Waals surface area contributed by atoms with Crippen LogP contribution in [0, 0.1) is 0 Å². The van der Waals surface area contributed by atoms with E-state index in [2.05, 4.69) is 19.9 Å². The highest BCUT2D eigenvalue weighted by molar-refractivity contribution is 7.45. The van der Waals surface area contributed by atoms with Gasteiger partial charge in [-0.3, -0.25) is 4.57 Å². The Labute approximate surface area is 327 Å². The second-order valence-corrected chi connectivity index (χ2v) is 17.3. The van der Waals surface area contributed by atoms with Crippen LogP contribution in [-0.4, -0.2) is 64.1 Å². The molecule has 0 saturated heterocycles. The molecule has 0 fully saturated rings. The summed E-state index contributed by atoms with van der Waals surface area (Å²) in [4.78, 5) is 24.9. The molecular formula is C44H84NO7P. The number of phosphoric ester groups is 1. The Morgan fingerprint density at radius 3 is 1.49 bits per heavy atom. The second kappa shape index (κ2) is 37.5. The number of likely N-dealkylation sites (N-methyl/N-ethyl adjacent to an activating group) is 1. The number of carbonyl (C=O) groups excluding carboxylic acids is 1. The minimum atomic E-state index is -4.56. The Balaban J connectivity index is 4.38. The summed E-state index contributed by atoms with van der Waals surface area (Å²) in [6.07, 6.45) is 44.5. The molecule has 8 nitrogen and oxygen atoms in total. The number of ether oxygens (including phenoxy) is 2. The maximum atomic E-state index is 12.5. The average molecular weight is 770 g/mol. The Morgan fingerprint density at radius 2 is 1.04 bits per heavy atom. The van der Waals surface area contributed by atoms with E-state index in [0.717, 1.165) is 25.7 Å². The molecule has 2 atom stereocenters. The fourth-order valence-electron chi connectivity index (χ4n) is 5.95. The lowest BCUT2D eigenvalue weighted by Crippen LogP contribution is -2.37. The predicted octanol–water partition coefficient (Wildman–Crippen LogP) is 12.3. The van der Waals surface area contributed by atoms with Crippen molar-refractivity contribution < 1.29 is 37.3 Å². The van der Waals surface area contributed by atoms with Gasteiger partial charge in [0.15, 0.2) is 6.10 Å². The van der Waals surface area contributed by atoms with Gasteiger partial charge in [-0.15, -0.1) is 0 Å². The molecule has 0 radical (unpaired) electrons. The van der Waals surface area contributed by atoms with Crippen LogP contribution in [0.3, 0.4) is 0 Å². The number of hydrogen-bond acceptors (Lipinski definition) is 7. The molecule has 0 aliphatic rings. The Kier molecular flexibility index (Phi) is 36.5. The molecule has 0 N–H and O–H groups in total. The standard InChI is InChI=1S/C44H84NO7P/c1-6-8-10-12-14-16-18-20-22-24-26-28-30-32-34-36-39-49-41-43(42-51-53(47,48)50-40-38-45(3,4)5)52-44(46)37-35-33-31-29-27-25-23-21-19-17-15-13-11-9-7-2/h31,33,35-37,39,43H,6-30,32,34,38,40-42H2,1-5H3/b33-31+,37-35+,39-36+/t43-/m1/s1. The molecule has 312 valence electrons. The van der Waals surface area contributed by atoms with E-state index in [1.54, 1.807) is 12.3 Å². The third-order valence-corrected chi connectivity index (χ3v) is 10.3. The summed E-state index contributed by atoms with van der Waals surface area (Å²) in [5, 5.41) is 0. The van der Waals surface area contributed by atoms with Gasteiger partial charge in [0, 0.05) is 6.08 Å². The summed E-state index contributed by atoms with van der Waals surface area (Å²) in [5.74, 6) is -0.584. The fourth-order valence-corrected chi connectivity index (χ4v) is 6.68. The van der Waals surface area contributed by atoms with Crippen molar-refractivity contribution in [3.63, 3.8) is 0 Å². The Hall–Kier alpha value is -1.44. The maximum absolute atomic E-state index is 12.5. The highest BCUT2D eigenvalue weighted by atomic mass is 31.2. The van der Waals surface area contributed by atoms with E-state index in [1.165, 1.54) is 154 Å². The molecule has 0 bridgehead atoms. The zero-order chi connectivity index (χ0) is 39.1. The van der Waals surface area contributed by atoms with E-state index in [1.807, 2.05) is 33.3 Å². The maximum Gasteiger partial charge on any atom is 0.331 e. The largest absolute Gasteiger partial charge is 0.756 e. The quantitative estimate of drug-likeness (QED) is 0.0116. The third-order valence-electron chi connectivity index (χ3n) is 9.37. The summed E-state index contributed by atoms with van der Waals surface area (Å²) in [5.41, 5.74) is 0. The Bertz CT molecular complexity index is 947. The summed E-state index contributed by atoms with van der Waals surface area (Å²) < 4.78 is 34.1. The number of quaternary nitrogens is 1. The summed E-state index contributed by atoms with van der Waals surface area (Å²) >= 11 is 0. The van der Waals surface area contributed by atoms with Gasteiger partial charge in [0.25, 0.3) is 7.82 Å². The van der Waals surface area contributed by atoms with Crippen molar-refractivity contribution in [2.24, 2.45) is 0 Å². The SMILES string of the molecule is CCCCCCCCCCCCC/C=C/C=C/C(=O)O[C@H](CO/C=C/CCCCCCCCCCCCCCCC)COP(=O)([O-])OCC[N+](C)(C)C. The highest BCUT2D eigenvalue weighted by Gasteiger charge is 2.19. The van der Waals surface area contributed by atoms with Gasteiger partial charge in [-0.05, 0) is 31.8 Å². The van der Waals surface area contributed by atoms with Gasteiger partial charge in [-0.25, -0.2) is 4.79 Å². The van der Waals surface area contributed by atoms with Crippen LogP contribution in [0.1, 0.15) is 187 Å². The number of esters is 1. The first-order valence-corrected chi connectivity index (χ1v) is 23.3. The number of phosphoric acid groups is 1. The molecule has 0 aliphatic heterocycles. The topological polar surface area (TPSA) is 94.1 Å². The molecule has 0 spiro atoms. The zero-order valence-corrected chi connectivity index (χ0v) is 36.1. The molecule has 0 aromatic heterocycles. The number of allylic oxidation sites excluding steroid dienone is 4. The van der Waals surface area contributed by atoms with Crippen molar-refractivity contribution in [1.82, 2.24) is 0 Å². The van der Waals surface area contributed by atoms with Crippen LogP contribution in [-0.2, 0) is 27.9 Å². The van der Waals surface area contributed by atoms with Gasteiger partial charge in [0.1, 0.15) is 19.8 Å². The van der Waals surface area contributed by atoms with Crippen LogP contribution in [0.2, 0.25) is 0 Å². The zero-order valence-electron chi connectivity index (χ0n) is 35.2. The molecule has 0 amide bonds. The third kappa shape index (κ3) is 41.6. The van der Waals surface area contributed by atoms with E-state index in [0.29, 0.717) is 11.0 Å². The Morgan fingerprint density at radius 1 is 0.604 bits per heavy atom. The first-order chi connectivity index (χ1) is 25.6. The van der Waals surface area contributed by atoms with E-state index >= 15 is 0 Å². The van der Waals surface area contributed by atoms with Gasteiger partial charge in [0.05, 0.1) is 34.0 Å². The molecule has 0 aromatic carbocycles. The molecule has 0 rings (SSSR count). The van der Waals surface area contributed by atoms with Gasteiger partial charge < -0.3 is 27.9 Å². The lowest BCUT2D eigenvalue weighted by Gasteiger charge is -2.28. The van der Waals surface area contributed by atoms with E-state index < -0.39 is 19.9 Å². The van der Waals surface area contributed by atoms with Crippen LogP contribution in [0.25, 0.3) is 0 Å². The predicted molar refractivity (Wildman–Crippen MR) is 222 cm³/mol. The smallest absolute Gasteiger partial charge is 0.331 e. The number of nitrogens with zero attached hydrogens (tertiary/aromatic N) is 1. The van der Waals surface area contributed by atoms with E-state index in [4.69, 9.17) is 18.5 Å². The van der Waals surface area contributed by atoms with Gasteiger partial charge in [-0.1, -0.05) is 180 Å².